The molecule has 1 aromatic rings. The van der Waals surface area contributed by atoms with Crippen LogP contribution in [0.4, 0.5) is 0 Å². The van der Waals surface area contributed by atoms with Crippen LogP contribution >= 0.6 is 22.0 Å². The summed E-state index contributed by atoms with van der Waals surface area (Å²) in [6, 6.07) is 3.26. The minimum Gasteiger partial charge on any atom is -0.353 e. The molecule has 0 saturated heterocycles. The van der Waals surface area contributed by atoms with Crippen LogP contribution in [0.2, 0.25) is 0 Å². The highest BCUT2D eigenvalue weighted by Crippen LogP contribution is 2.28. The summed E-state index contributed by atoms with van der Waals surface area (Å²) in [5.41, 5.74) is 0. The third-order valence-corrected chi connectivity index (χ3v) is 6.89. The Labute approximate surface area is 127 Å². The molecule has 112 valence electrons. The maximum absolute atomic E-state index is 12.0. The normalized spacial score (nSPS) is 18.1. The molecule has 1 unspecified atom stereocenters. The Morgan fingerprint density at radius 3 is 2.65 bits per heavy atom. The Hall–Kier alpha value is -0.590. The van der Waals surface area contributed by atoms with Crippen LogP contribution < -0.4 is 5.32 Å². The second-order valence-corrected chi connectivity index (χ2v) is 9.20. The number of hydrogen-bond acceptors (Lipinski definition) is 4. The Kier molecular flexibility index (Phi) is 5.09. The van der Waals surface area contributed by atoms with Gasteiger partial charge in [0.1, 0.15) is 4.21 Å². The second kappa shape index (κ2) is 6.45. The molecule has 1 aliphatic carbocycles. The van der Waals surface area contributed by atoms with Crippen LogP contribution in [0.25, 0.3) is 0 Å². The summed E-state index contributed by atoms with van der Waals surface area (Å²) in [7, 11) is 1.57. The fourth-order valence-corrected chi connectivity index (χ4v) is 4.74. The molecule has 0 bridgehead atoms. The number of hydrogen-bond donors (Lipinski definition) is 1. The van der Waals surface area contributed by atoms with Gasteiger partial charge in [-0.15, -0.1) is 11.3 Å². The van der Waals surface area contributed by atoms with Crippen LogP contribution in [0.15, 0.2) is 16.3 Å². The van der Waals surface area contributed by atoms with Gasteiger partial charge in [-0.25, -0.2) is 8.42 Å². The van der Waals surface area contributed by atoms with Crippen molar-refractivity contribution in [3.63, 3.8) is 0 Å². The molecule has 1 aliphatic rings. The zero-order valence-electron chi connectivity index (χ0n) is 11.3. The lowest BCUT2D eigenvalue weighted by Gasteiger charge is -2.20. The zero-order valence-corrected chi connectivity index (χ0v) is 13.7. The number of halogens is 1. The molecule has 2 rings (SSSR count). The highest BCUT2D eigenvalue weighted by molar-refractivity contribution is 8.15. The monoisotopic (exact) mass is 335 g/mol. The highest BCUT2D eigenvalue weighted by Gasteiger charge is 2.23. The minimum atomic E-state index is -3.69. The first kappa shape index (κ1) is 15.8. The van der Waals surface area contributed by atoms with Gasteiger partial charge in [-0.2, -0.15) is 0 Å². The van der Waals surface area contributed by atoms with E-state index in [0.717, 1.165) is 11.3 Å². The Bertz CT molecular complexity index is 576. The third kappa shape index (κ3) is 4.20. The van der Waals surface area contributed by atoms with Crippen LogP contribution in [-0.4, -0.2) is 20.4 Å². The molecule has 0 spiro atoms. The van der Waals surface area contributed by atoms with E-state index in [1.54, 1.807) is 6.07 Å². The fourth-order valence-electron chi connectivity index (χ4n) is 2.62. The van der Waals surface area contributed by atoms with Gasteiger partial charge >= 0.3 is 0 Å². The van der Waals surface area contributed by atoms with E-state index in [4.69, 9.17) is 10.7 Å². The van der Waals surface area contributed by atoms with E-state index in [2.05, 4.69) is 5.32 Å². The van der Waals surface area contributed by atoms with E-state index in [-0.39, 0.29) is 22.6 Å². The topological polar surface area (TPSA) is 63.2 Å². The maximum Gasteiger partial charge on any atom is 0.270 e. The molecule has 0 aliphatic heterocycles. The van der Waals surface area contributed by atoms with E-state index >= 15 is 0 Å². The number of nitrogens with one attached hydrogen (secondary N) is 1. The van der Waals surface area contributed by atoms with Gasteiger partial charge in [-0.3, -0.25) is 4.79 Å². The Balaban J connectivity index is 1.89. The van der Waals surface area contributed by atoms with Gasteiger partial charge in [-0.05, 0) is 37.8 Å². The van der Waals surface area contributed by atoms with Crippen molar-refractivity contribution < 1.29 is 13.2 Å². The van der Waals surface area contributed by atoms with Crippen LogP contribution in [-0.2, 0) is 20.3 Å². The average Bonchev–Trinajstić information content (AvgIpc) is 2.97. The largest absolute Gasteiger partial charge is 0.353 e. The van der Waals surface area contributed by atoms with Crippen LogP contribution in [0.3, 0.4) is 0 Å². The molecule has 1 atom stereocenters. The predicted molar refractivity (Wildman–Crippen MR) is 80.6 cm³/mol. The van der Waals surface area contributed by atoms with Crippen molar-refractivity contribution in [2.24, 2.45) is 5.92 Å². The van der Waals surface area contributed by atoms with Gasteiger partial charge in [0.15, 0.2) is 0 Å². The van der Waals surface area contributed by atoms with Crippen molar-refractivity contribution in [3.8, 4) is 0 Å². The third-order valence-electron chi connectivity index (χ3n) is 3.71. The molecule has 1 N–H and O–H groups in total. The molecule has 1 heterocycles. The van der Waals surface area contributed by atoms with Crippen LogP contribution in [0.5, 0.6) is 0 Å². The van der Waals surface area contributed by atoms with Gasteiger partial charge in [0, 0.05) is 21.6 Å². The van der Waals surface area contributed by atoms with Gasteiger partial charge < -0.3 is 5.32 Å². The second-order valence-electron chi connectivity index (χ2n) is 5.24. The number of rotatable bonds is 5. The summed E-state index contributed by atoms with van der Waals surface area (Å²) in [6.07, 6.45) is 5.04. The first-order chi connectivity index (χ1) is 9.36. The average molecular weight is 336 g/mol. The lowest BCUT2D eigenvalue weighted by atomic mass is 10.00. The zero-order chi connectivity index (χ0) is 14.8. The minimum absolute atomic E-state index is 0.0650. The molecule has 7 heteroatoms. The van der Waals surface area contributed by atoms with Crippen molar-refractivity contribution in [1.29, 1.82) is 0 Å². The number of amides is 1. The summed E-state index contributed by atoms with van der Waals surface area (Å²) >= 11 is 1.05. The Morgan fingerprint density at radius 1 is 1.45 bits per heavy atom. The lowest BCUT2D eigenvalue weighted by molar-refractivity contribution is -0.121. The lowest BCUT2D eigenvalue weighted by Crippen LogP contribution is -2.37. The fraction of sp³-hybridized carbons (Fsp3) is 0.615. The van der Waals surface area contributed by atoms with Crippen LogP contribution in [0.1, 0.15) is 37.5 Å². The number of thiophene rings is 1. The smallest absolute Gasteiger partial charge is 0.270 e. The summed E-state index contributed by atoms with van der Waals surface area (Å²) in [5, 5.41) is 3.00. The summed E-state index contributed by atoms with van der Waals surface area (Å²) < 4.78 is 22.4. The molecule has 1 saturated carbocycles. The van der Waals surface area contributed by atoms with Crippen molar-refractivity contribution >= 4 is 37.0 Å². The molecule has 0 radical (unpaired) electrons. The van der Waals surface area contributed by atoms with E-state index in [1.165, 1.54) is 31.7 Å². The van der Waals surface area contributed by atoms with Crippen molar-refractivity contribution in [1.82, 2.24) is 5.32 Å². The van der Waals surface area contributed by atoms with Crippen molar-refractivity contribution in [2.45, 2.75) is 49.3 Å². The molecule has 4 nitrogen and oxygen atoms in total. The quantitative estimate of drug-likeness (QED) is 0.841. The van der Waals surface area contributed by atoms with E-state index in [1.807, 2.05) is 6.92 Å². The maximum atomic E-state index is 12.0. The molecular weight excluding hydrogens is 318 g/mol. The van der Waals surface area contributed by atoms with Gasteiger partial charge in [0.2, 0.25) is 5.91 Å². The Morgan fingerprint density at radius 2 is 2.10 bits per heavy atom. The van der Waals surface area contributed by atoms with Crippen molar-refractivity contribution in [3.05, 3.63) is 17.0 Å². The standard InChI is InChI=1S/C13H18ClNO3S2/c1-9(10-4-2-3-5-10)15-12(16)8-11-6-7-13(19-11)20(14,17)18/h6-7,9-10H,2-5,8H2,1H3,(H,15,16). The summed E-state index contributed by atoms with van der Waals surface area (Å²) in [4.78, 5) is 12.7. The number of carbonyl (C=O) groups is 1. The van der Waals surface area contributed by atoms with Gasteiger partial charge in [0.05, 0.1) is 6.42 Å². The molecule has 0 aromatic carbocycles. The summed E-state index contributed by atoms with van der Waals surface area (Å²) in [5.74, 6) is 0.505. The molecule has 1 fully saturated rings. The van der Waals surface area contributed by atoms with E-state index in [0.29, 0.717) is 10.8 Å². The summed E-state index contributed by atoms with van der Waals surface area (Å²) in [6.45, 7) is 2.04. The first-order valence-corrected chi connectivity index (χ1v) is 9.81. The van der Waals surface area contributed by atoms with Crippen molar-refractivity contribution in [2.75, 3.05) is 0 Å². The molecular formula is C13H18ClNO3S2. The first-order valence-electron chi connectivity index (χ1n) is 6.69. The van der Waals surface area contributed by atoms with Gasteiger partial charge in [0.25, 0.3) is 9.05 Å². The van der Waals surface area contributed by atoms with Crippen LogP contribution in [0, 0.1) is 5.92 Å². The number of carbonyl (C=O) groups excluding carboxylic acids is 1. The van der Waals surface area contributed by atoms with Gasteiger partial charge in [-0.1, -0.05) is 12.8 Å². The molecule has 1 amide bonds. The predicted octanol–water partition coefficient (Wildman–Crippen LogP) is 2.91. The SMILES string of the molecule is CC(NC(=O)Cc1ccc(S(=O)(=O)Cl)s1)C1CCCC1. The molecule has 20 heavy (non-hydrogen) atoms. The van der Waals surface area contributed by atoms with E-state index < -0.39 is 9.05 Å². The highest BCUT2D eigenvalue weighted by atomic mass is 35.7. The molecule has 1 aromatic heterocycles. The van der Waals surface area contributed by atoms with E-state index in [9.17, 15) is 13.2 Å².